The molecule has 0 radical (unpaired) electrons. The summed E-state index contributed by atoms with van der Waals surface area (Å²) < 4.78 is 5.54. The Hall–Kier alpha value is -3.13. The summed E-state index contributed by atoms with van der Waals surface area (Å²) in [6.07, 6.45) is 2.00. The van der Waals surface area contributed by atoms with Crippen molar-refractivity contribution in [3.63, 3.8) is 0 Å². The predicted molar refractivity (Wildman–Crippen MR) is 106 cm³/mol. The first-order chi connectivity index (χ1) is 12.9. The Morgan fingerprint density at radius 1 is 1.15 bits per heavy atom. The van der Waals surface area contributed by atoms with Gasteiger partial charge in [0.1, 0.15) is 17.1 Å². The van der Waals surface area contributed by atoms with Crippen LogP contribution in [0.25, 0.3) is 0 Å². The van der Waals surface area contributed by atoms with Crippen LogP contribution in [0, 0.1) is 0 Å². The number of unbranched alkanes of at least 4 members (excludes halogenated alkanes) is 1. The van der Waals surface area contributed by atoms with E-state index in [4.69, 9.17) is 22.1 Å². The van der Waals surface area contributed by atoms with E-state index >= 15 is 0 Å². The summed E-state index contributed by atoms with van der Waals surface area (Å²) in [6.45, 7) is 2.70. The number of aromatic carboxylic acids is 1. The number of ether oxygens (including phenoxy) is 1. The maximum absolute atomic E-state index is 12.2. The number of hydrogen-bond donors (Lipinski definition) is 4. The first-order valence-corrected chi connectivity index (χ1v) is 8.73. The quantitative estimate of drug-likeness (QED) is 0.327. The highest BCUT2D eigenvalue weighted by atomic mass is 32.1. The minimum atomic E-state index is -1.27. The van der Waals surface area contributed by atoms with Crippen molar-refractivity contribution in [1.82, 2.24) is 5.32 Å². The average Bonchev–Trinajstić information content (AvgIpc) is 2.63. The van der Waals surface area contributed by atoms with Gasteiger partial charge < -0.3 is 20.3 Å². The molecule has 0 saturated heterocycles. The lowest BCUT2D eigenvalue weighted by Crippen LogP contribution is -2.34. The molecular weight excluding hydrogens is 368 g/mol. The Bertz CT molecular complexity index is 836. The highest BCUT2D eigenvalue weighted by Gasteiger charge is 2.12. The van der Waals surface area contributed by atoms with E-state index in [1.54, 1.807) is 24.3 Å². The van der Waals surface area contributed by atoms with E-state index in [0.717, 1.165) is 12.8 Å². The van der Waals surface area contributed by atoms with Gasteiger partial charge in [0.05, 0.1) is 6.61 Å². The third kappa shape index (κ3) is 5.96. The van der Waals surface area contributed by atoms with Crippen LogP contribution in [0.2, 0.25) is 0 Å². The van der Waals surface area contributed by atoms with Crippen LogP contribution in [0.15, 0.2) is 42.5 Å². The molecule has 0 fully saturated rings. The van der Waals surface area contributed by atoms with Gasteiger partial charge in [-0.05, 0) is 61.1 Å². The molecule has 1 amide bonds. The molecule has 27 heavy (non-hydrogen) atoms. The van der Waals surface area contributed by atoms with Gasteiger partial charge in [-0.25, -0.2) is 4.79 Å². The van der Waals surface area contributed by atoms with Gasteiger partial charge in [0.2, 0.25) is 0 Å². The largest absolute Gasteiger partial charge is 0.507 e. The topological polar surface area (TPSA) is 108 Å². The molecule has 0 unspecified atom stereocenters. The molecule has 0 aliphatic carbocycles. The van der Waals surface area contributed by atoms with Crippen molar-refractivity contribution in [2.75, 3.05) is 11.9 Å². The van der Waals surface area contributed by atoms with Crippen LogP contribution in [0.5, 0.6) is 11.5 Å². The zero-order chi connectivity index (χ0) is 19.8. The number of rotatable bonds is 7. The molecule has 2 aromatic rings. The van der Waals surface area contributed by atoms with Gasteiger partial charge in [-0.2, -0.15) is 0 Å². The van der Waals surface area contributed by atoms with Crippen molar-refractivity contribution >= 4 is 34.9 Å². The van der Waals surface area contributed by atoms with Gasteiger partial charge in [-0.3, -0.25) is 10.1 Å². The van der Waals surface area contributed by atoms with Crippen LogP contribution in [-0.2, 0) is 0 Å². The zero-order valence-corrected chi connectivity index (χ0v) is 15.5. The molecule has 142 valence electrons. The molecule has 7 nitrogen and oxygen atoms in total. The summed E-state index contributed by atoms with van der Waals surface area (Å²) in [4.78, 5) is 23.3. The van der Waals surface area contributed by atoms with E-state index in [9.17, 15) is 14.7 Å². The lowest BCUT2D eigenvalue weighted by molar-refractivity contribution is 0.0693. The smallest absolute Gasteiger partial charge is 0.339 e. The Labute approximate surface area is 162 Å². The highest BCUT2D eigenvalue weighted by molar-refractivity contribution is 7.80. The number of amides is 1. The van der Waals surface area contributed by atoms with E-state index in [1.807, 2.05) is 0 Å². The van der Waals surface area contributed by atoms with Crippen molar-refractivity contribution in [2.45, 2.75) is 19.8 Å². The molecule has 0 aliphatic rings. The maximum atomic E-state index is 12.2. The molecule has 0 aliphatic heterocycles. The second kappa shape index (κ2) is 9.54. The molecule has 2 rings (SSSR count). The third-order valence-corrected chi connectivity index (χ3v) is 3.80. The van der Waals surface area contributed by atoms with Crippen molar-refractivity contribution in [3.05, 3.63) is 53.6 Å². The third-order valence-electron chi connectivity index (χ3n) is 3.60. The van der Waals surface area contributed by atoms with Gasteiger partial charge in [-0.15, -0.1) is 0 Å². The second-order valence-corrected chi connectivity index (χ2v) is 6.08. The summed E-state index contributed by atoms with van der Waals surface area (Å²) >= 11 is 5.07. The van der Waals surface area contributed by atoms with Crippen LogP contribution >= 0.6 is 12.2 Å². The van der Waals surface area contributed by atoms with E-state index < -0.39 is 11.9 Å². The van der Waals surface area contributed by atoms with Crippen LogP contribution < -0.4 is 15.4 Å². The van der Waals surface area contributed by atoms with E-state index in [0.29, 0.717) is 23.6 Å². The van der Waals surface area contributed by atoms with Crippen LogP contribution in [0.4, 0.5) is 5.69 Å². The molecule has 0 heterocycles. The summed E-state index contributed by atoms with van der Waals surface area (Å²) in [5, 5.41) is 23.7. The normalized spacial score (nSPS) is 10.1. The summed E-state index contributed by atoms with van der Waals surface area (Å²) in [7, 11) is 0. The lowest BCUT2D eigenvalue weighted by Gasteiger charge is -2.11. The number of nitrogens with one attached hydrogen (secondary N) is 2. The Balaban J connectivity index is 1.94. The number of carbonyl (C=O) groups excluding carboxylic acids is 1. The fourth-order valence-electron chi connectivity index (χ4n) is 2.16. The standard InChI is InChI=1S/C19H20N2O5S/c1-2-3-10-26-14-7-4-12(5-8-14)17(23)21-19(27)20-13-6-9-16(22)15(11-13)18(24)25/h4-9,11,22H,2-3,10H2,1H3,(H,24,25)(H2,20,21,23,27). The minimum Gasteiger partial charge on any atom is -0.507 e. The van der Waals surface area contributed by atoms with Gasteiger partial charge in [0.15, 0.2) is 5.11 Å². The number of carboxylic acid groups (broad SMARTS) is 1. The number of aromatic hydroxyl groups is 1. The number of thiocarbonyl (C=S) groups is 1. The van der Waals surface area contributed by atoms with E-state index in [2.05, 4.69) is 17.6 Å². The lowest BCUT2D eigenvalue weighted by atomic mass is 10.2. The minimum absolute atomic E-state index is 0.00491. The second-order valence-electron chi connectivity index (χ2n) is 5.67. The SMILES string of the molecule is CCCCOc1ccc(C(=O)NC(=S)Nc2ccc(O)c(C(=O)O)c2)cc1. The van der Waals surface area contributed by atoms with Crippen molar-refractivity contribution in [2.24, 2.45) is 0 Å². The monoisotopic (exact) mass is 388 g/mol. The molecule has 8 heteroatoms. The zero-order valence-electron chi connectivity index (χ0n) is 14.7. The average molecular weight is 388 g/mol. The number of phenols is 1. The van der Waals surface area contributed by atoms with Crippen LogP contribution in [0.1, 0.15) is 40.5 Å². The van der Waals surface area contributed by atoms with E-state index in [-0.39, 0.29) is 16.4 Å². The molecule has 0 spiro atoms. The molecule has 0 saturated carbocycles. The van der Waals surface area contributed by atoms with Gasteiger partial charge in [0.25, 0.3) is 5.91 Å². The van der Waals surface area contributed by atoms with Crippen molar-refractivity contribution in [3.8, 4) is 11.5 Å². The summed E-state index contributed by atoms with van der Waals surface area (Å²) in [5.74, 6) is -1.35. The highest BCUT2D eigenvalue weighted by Crippen LogP contribution is 2.21. The molecule has 0 aromatic heterocycles. The maximum Gasteiger partial charge on any atom is 0.339 e. The summed E-state index contributed by atoms with van der Waals surface area (Å²) in [5.41, 5.74) is 0.460. The summed E-state index contributed by atoms with van der Waals surface area (Å²) in [6, 6.07) is 10.6. The van der Waals surface area contributed by atoms with Crippen LogP contribution in [0.3, 0.4) is 0 Å². The molecule has 4 N–H and O–H groups in total. The van der Waals surface area contributed by atoms with Gasteiger partial charge in [0, 0.05) is 11.3 Å². The molecular formula is C19H20N2O5S. The first kappa shape index (κ1) is 20.2. The van der Waals surface area contributed by atoms with Crippen molar-refractivity contribution in [1.29, 1.82) is 0 Å². The first-order valence-electron chi connectivity index (χ1n) is 8.32. The molecule has 2 aromatic carbocycles. The number of anilines is 1. The number of carboxylic acids is 1. The van der Waals surface area contributed by atoms with Gasteiger partial charge >= 0.3 is 5.97 Å². The fraction of sp³-hybridized carbons (Fsp3) is 0.211. The van der Waals surface area contributed by atoms with Crippen LogP contribution in [-0.4, -0.2) is 33.8 Å². The number of carbonyl (C=O) groups is 2. The van der Waals surface area contributed by atoms with Crippen molar-refractivity contribution < 1.29 is 24.5 Å². The van der Waals surface area contributed by atoms with E-state index in [1.165, 1.54) is 18.2 Å². The Morgan fingerprint density at radius 2 is 1.85 bits per heavy atom. The number of hydrogen-bond acceptors (Lipinski definition) is 5. The number of benzene rings is 2. The Kier molecular flexibility index (Phi) is 7.13. The molecule has 0 bridgehead atoms. The molecule has 0 atom stereocenters. The van der Waals surface area contributed by atoms with Gasteiger partial charge in [-0.1, -0.05) is 13.3 Å². The predicted octanol–water partition coefficient (Wildman–Crippen LogP) is 3.40. The fourth-order valence-corrected chi connectivity index (χ4v) is 2.37. The Morgan fingerprint density at radius 3 is 2.48 bits per heavy atom.